The van der Waals surface area contributed by atoms with E-state index < -0.39 is 10.0 Å². The van der Waals surface area contributed by atoms with Gasteiger partial charge in [-0.1, -0.05) is 47.5 Å². The first kappa shape index (κ1) is 25.9. The number of carbonyl (C=O) groups is 1. The number of anilines is 2. The van der Waals surface area contributed by atoms with Gasteiger partial charge < -0.3 is 14.5 Å². The molecule has 0 radical (unpaired) electrons. The first-order valence-electron chi connectivity index (χ1n) is 11.7. The first-order valence-corrected chi connectivity index (χ1v) is 13.5. The third-order valence-electron chi connectivity index (χ3n) is 6.39. The summed E-state index contributed by atoms with van der Waals surface area (Å²) in [4.78, 5) is 17.4. The fraction of sp³-hybridized carbons (Fsp3) is 0.296. The highest BCUT2D eigenvalue weighted by Gasteiger charge is 2.31. The molecule has 0 saturated carbocycles. The molecule has 0 unspecified atom stereocenters. The van der Waals surface area contributed by atoms with Crippen LogP contribution in [-0.4, -0.2) is 59.1 Å². The maximum atomic E-state index is 13.7. The van der Waals surface area contributed by atoms with Crippen molar-refractivity contribution in [3.05, 3.63) is 82.9 Å². The number of benzene rings is 3. The lowest BCUT2D eigenvalue weighted by molar-refractivity contribution is -0.129. The standard InChI is InChI=1S/C27H30ClN3O4S/c1-20-8-12-23(13-9-20)36(33,34)31(25-18-22(28)11-10-21(25)2)19-27(32)30-16-14-29(15-17-30)24-6-4-5-7-26(24)35-3/h4-13,18H,14-17,19H2,1-3H3. The Kier molecular flexibility index (Phi) is 7.76. The number of aryl methyl sites for hydroxylation is 2. The maximum absolute atomic E-state index is 13.7. The van der Waals surface area contributed by atoms with Crippen LogP contribution in [0.5, 0.6) is 5.75 Å². The fourth-order valence-corrected chi connectivity index (χ4v) is 5.94. The summed E-state index contributed by atoms with van der Waals surface area (Å²) in [7, 11) is -2.37. The van der Waals surface area contributed by atoms with Crippen LogP contribution in [0.15, 0.2) is 71.6 Å². The average Bonchev–Trinajstić information content (AvgIpc) is 2.89. The van der Waals surface area contributed by atoms with Crippen molar-refractivity contribution < 1.29 is 17.9 Å². The van der Waals surface area contributed by atoms with Crippen molar-refractivity contribution in [1.29, 1.82) is 0 Å². The van der Waals surface area contributed by atoms with Gasteiger partial charge in [-0.3, -0.25) is 9.10 Å². The van der Waals surface area contributed by atoms with Crippen LogP contribution in [0, 0.1) is 13.8 Å². The van der Waals surface area contributed by atoms with E-state index >= 15 is 0 Å². The van der Waals surface area contributed by atoms with Gasteiger partial charge >= 0.3 is 0 Å². The Bertz CT molecular complexity index is 1340. The minimum absolute atomic E-state index is 0.126. The zero-order valence-electron chi connectivity index (χ0n) is 20.6. The maximum Gasteiger partial charge on any atom is 0.264 e. The van der Waals surface area contributed by atoms with Crippen molar-refractivity contribution in [2.75, 3.05) is 49.0 Å². The van der Waals surface area contributed by atoms with Gasteiger partial charge in [0.2, 0.25) is 5.91 Å². The third kappa shape index (κ3) is 5.44. The van der Waals surface area contributed by atoms with Gasteiger partial charge in [0, 0.05) is 31.2 Å². The predicted octanol–water partition coefficient (Wildman–Crippen LogP) is 4.51. The summed E-state index contributed by atoms with van der Waals surface area (Å²) in [5.74, 6) is 0.522. The highest BCUT2D eigenvalue weighted by atomic mass is 35.5. The average molecular weight is 528 g/mol. The molecular weight excluding hydrogens is 498 g/mol. The number of amides is 1. The largest absolute Gasteiger partial charge is 0.495 e. The van der Waals surface area contributed by atoms with Crippen LogP contribution in [0.3, 0.4) is 0 Å². The van der Waals surface area contributed by atoms with E-state index in [0.717, 1.165) is 17.0 Å². The molecule has 0 aliphatic carbocycles. The van der Waals surface area contributed by atoms with Gasteiger partial charge in [-0.25, -0.2) is 8.42 Å². The SMILES string of the molecule is COc1ccccc1N1CCN(C(=O)CN(c2cc(Cl)ccc2C)S(=O)(=O)c2ccc(C)cc2)CC1. The molecule has 1 aliphatic rings. The molecule has 1 saturated heterocycles. The Hall–Kier alpha value is -3.23. The van der Waals surface area contributed by atoms with E-state index in [1.165, 1.54) is 4.31 Å². The number of hydrogen-bond acceptors (Lipinski definition) is 5. The van der Waals surface area contributed by atoms with Gasteiger partial charge in [0.25, 0.3) is 10.0 Å². The lowest BCUT2D eigenvalue weighted by Crippen LogP contribution is -2.52. The van der Waals surface area contributed by atoms with E-state index in [0.29, 0.717) is 42.5 Å². The molecule has 9 heteroatoms. The van der Waals surface area contributed by atoms with Gasteiger partial charge in [-0.2, -0.15) is 0 Å². The van der Waals surface area contributed by atoms with Gasteiger partial charge in [0.05, 0.1) is 23.4 Å². The molecule has 0 spiro atoms. The Morgan fingerprint density at radius 1 is 0.972 bits per heavy atom. The summed E-state index contributed by atoms with van der Waals surface area (Å²) in [5, 5.41) is 0.401. The van der Waals surface area contributed by atoms with E-state index in [4.69, 9.17) is 16.3 Å². The second-order valence-electron chi connectivity index (χ2n) is 8.80. The molecule has 190 valence electrons. The molecule has 1 heterocycles. The van der Waals surface area contributed by atoms with Crippen LogP contribution in [0.1, 0.15) is 11.1 Å². The summed E-state index contributed by atoms with van der Waals surface area (Å²) < 4.78 is 34.1. The molecule has 0 aromatic heterocycles. The van der Waals surface area contributed by atoms with E-state index in [1.807, 2.05) is 31.2 Å². The lowest BCUT2D eigenvalue weighted by atomic mass is 10.2. The molecule has 4 rings (SSSR count). The normalized spacial score (nSPS) is 14.0. The topological polar surface area (TPSA) is 70.2 Å². The van der Waals surface area contributed by atoms with Crippen LogP contribution in [0.2, 0.25) is 5.02 Å². The van der Waals surface area contributed by atoms with Gasteiger partial charge in [0.15, 0.2) is 0 Å². The minimum atomic E-state index is -4.01. The Morgan fingerprint density at radius 3 is 2.31 bits per heavy atom. The predicted molar refractivity (Wildman–Crippen MR) is 144 cm³/mol. The number of nitrogens with zero attached hydrogens (tertiary/aromatic N) is 3. The smallest absolute Gasteiger partial charge is 0.264 e. The van der Waals surface area contributed by atoms with Crippen LogP contribution >= 0.6 is 11.6 Å². The van der Waals surface area contributed by atoms with Crippen molar-refractivity contribution in [1.82, 2.24) is 4.90 Å². The van der Waals surface area contributed by atoms with Crippen molar-refractivity contribution in [3.8, 4) is 5.75 Å². The molecule has 1 amide bonds. The Balaban J connectivity index is 1.57. The molecule has 7 nitrogen and oxygen atoms in total. The summed E-state index contributed by atoms with van der Waals surface area (Å²) in [6, 6.07) is 19.4. The van der Waals surface area contributed by atoms with Crippen molar-refractivity contribution in [2.45, 2.75) is 18.7 Å². The Labute approximate surface area is 217 Å². The van der Waals surface area contributed by atoms with Crippen LogP contribution in [0.25, 0.3) is 0 Å². The summed E-state index contributed by atoms with van der Waals surface area (Å²) in [6.45, 7) is 5.57. The second kappa shape index (κ2) is 10.8. The molecule has 0 bridgehead atoms. The molecule has 1 fully saturated rings. The number of piperazine rings is 1. The molecule has 0 atom stereocenters. The minimum Gasteiger partial charge on any atom is -0.495 e. The van der Waals surface area contributed by atoms with Gasteiger partial charge in [-0.05, 0) is 55.8 Å². The van der Waals surface area contributed by atoms with E-state index in [9.17, 15) is 13.2 Å². The van der Waals surface area contributed by atoms with Crippen LogP contribution in [0.4, 0.5) is 11.4 Å². The number of hydrogen-bond donors (Lipinski definition) is 0. The zero-order valence-corrected chi connectivity index (χ0v) is 22.2. The molecule has 3 aromatic carbocycles. The Morgan fingerprint density at radius 2 is 1.64 bits per heavy atom. The lowest BCUT2D eigenvalue weighted by Gasteiger charge is -2.37. The number of carbonyl (C=O) groups excluding carboxylic acids is 1. The van der Waals surface area contributed by atoms with Crippen LogP contribution in [-0.2, 0) is 14.8 Å². The summed E-state index contributed by atoms with van der Waals surface area (Å²) in [5.41, 5.74) is 3.03. The quantitative estimate of drug-likeness (QED) is 0.452. The number of rotatable bonds is 7. The van der Waals surface area contributed by atoms with Crippen molar-refractivity contribution in [2.24, 2.45) is 0 Å². The van der Waals surface area contributed by atoms with Gasteiger partial charge in [-0.15, -0.1) is 0 Å². The molecule has 3 aromatic rings. The number of halogens is 1. The molecular formula is C27H30ClN3O4S. The van der Waals surface area contributed by atoms with E-state index in [2.05, 4.69) is 4.90 Å². The zero-order chi connectivity index (χ0) is 25.9. The molecule has 36 heavy (non-hydrogen) atoms. The molecule has 1 aliphatic heterocycles. The van der Waals surface area contributed by atoms with Gasteiger partial charge in [0.1, 0.15) is 12.3 Å². The highest BCUT2D eigenvalue weighted by molar-refractivity contribution is 7.92. The third-order valence-corrected chi connectivity index (χ3v) is 8.40. The molecule has 0 N–H and O–H groups in total. The fourth-order valence-electron chi connectivity index (χ4n) is 4.30. The van der Waals surface area contributed by atoms with E-state index in [1.54, 1.807) is 61.4 Å². The number of para-hydroxylation sites is 2. The number of methoxy groups -OCH3 is 1. The first-order chi connectivity index (χ1) is 17.2. The van der Waals surface area contributed by atoms with Crippen LogP contribution < -0.4 is 13.9 Å². The summed E-state index contributed by atoms with van der Waals surface area (Å²) in [6.07, 6.45) is 0. The number of sulfonamides is 1. The monoisotopic (exact) mass is 527 g/mol. The second-order valence-corrected chi connectivity index (χ2v) is 11.1. The van der Waals surface area contributed by atoms with Crippen molar-refractivity contribution in [3.63, 3.8) is 0 Å². The van der Waals surface area contributed by atoms with E-state index in [-0.39, 0.29) is 17.3 Å². The number of ether oxygens (including phenoxy) is 1. The highest BCUT2D eigenvalue weighted by Crippen LogP contribution is 2.31. The van der Waals surface area contributed by atoms with Crippen molar-refractivity contribution >= 4 is 38.9 Å². The summed E-state index contributed by atoms with van der Waals surface area (Å²) >= 11 is 6.23.